The number of rotatable bonds is 1. The highest BCUT2D eigenvalue weighted by Crippen LogP contribution is 2.19. The summed E-state index contributed by atoms with van der Waals surface area (Å²) in [5, 5.41) is 0. The molecule has 0 saturated heterocycles. The molecule has 1 aromatic carbocycles. The van der Waals surface area contributed by atoms with Gasteiger partial charge in [0.25, 0.3) is 0 Å². The second-order valence-corrected chi connectivity index (χ2v) is 6.29. The Morgan fingerprint density at radius 3 is 2.00 bits per heavy atom. The second-order valence-electron chi connectivity index (χ2n) is 6.29. The summed E-state index contributed by atoms with van der Waals surface area (Å²) >= 11 is 0. The Bertz CT molecular complexity index is 601. The van der Waals surface area contributed by atoms with Crippen LogP contribution in [0.2, 0.25) is 0 Å². The van der Waals surface area contributed by atoms with Crippen molar-refractivity contribution in [1.82, 2.24) is 4.98 Å². The van der Waals surface area contributed by atoms with Gasteiger partial charge in [0.05, 0.1) is 5.69 Å². The lowest BCUT2D eigenvalue weighted by Crippen LogP contribution is -2.43. The molecule has 1 nitrogen and oxygen atoms in total. The van der Waals surface area contributed by atoms with Gasteiger partial charge in [-0.1, -0.05) is 62.0 Å². The third-order valence-corrected chi connectivity index (χ3v) is 3.73. The Morgan fingerprint density at radius 2 is 1.47 bits per heavy atom. The van der Waals surface area contributed by atoms with Crippen molar-refractivity contribution in [2.75, 3.05) is 0 Å². The molecule has 0 unspecified atom stereocenters. The summed E-state index contributed by atoms with van der Waals surface area (Å²) in [7, 11) is 6.52. The van der Waals surface area contributed by atoms with Gasteiger partial charge in [0.15, 0.2) is 7.85 Å². The zero-order valence-corrected chi connectivity index (χ0v) is 12.8. The highest BCUT2D eigenvalue weighted by molar-refractivity contribution is 6.52. The van der Waals surface area contributed by atoms with Gasteiger partial charge in [0, 0.05) is 0 Å². The number of hydrogen-bond acceptors (Lipinski definition) is 1. The lowest BCUT2D eigenvalue weighted by molar-refractivity contribution is 0.596. The molecule has 94 valence electrons. The van der Waals surface area contributed by atoms with Crippen LogP contribution in [0.4, 0.5) is 0 Å². The first-order chi connectivity index (χ1) is 8.82. The van der Waals surface area contributed by atoms with E-state index in [0.717, 1.165) is 11.3 Å². The van der Waals surface area contributed by atoms with Crippen LogP contribution in [0.25, 0.3) is 11.3 Å². The maximum atomic E-state index is 4.87. The Hall–Kier alpha value is -1.44. The van der Waals surface area contributed by atoms with Crippen molar-refractivity contribution in [3.05, 3.63) is 35.9 Å². The predicted octanol–water partition coefficient (Wildman–Crippen LogP) is -1.18. The van der Waals surface area contributed by atoms with E-state index >= 15 is 0 Å². The van der Waals surface area contributed by atoms with Crippen LogP contribution >= 0.6 is 0 Å². The summed E-state index contributed by atoms with van der Waals surface area (Å²) in [5.74, 6) is 0. The molecule has 0 aliphatic heterocycles. The molecule has 0 aliphatic carbocycles. The lowest BCUT2D eigenvalue weighted by atomic mass is 9.67. The molecule has 0 bridgehead atoms. The maximum absolute atomic E-state index is 4.87. The third kappa shape index (κ3) is 2.63. The van der Waals surface area contributed by atoms with E-state index in [2.05, 4.69) is 68.6 Å². The zero-order chi connectivity index (χ0) is 14.2. The van der Waals surface area contributed by atoms with Crippen molar-refractivity contribution >= 4 is 40.1 Å². The van der Waals surface area contributed by atoms with Crippen molar-refractivity contribution in [3.8, 4) is 11.3 Å². The van der Waals surface area contributed by atoms with Gasteiger partial charge in [-0.2, -0.15) is 0 Å². The molecule has 0 amide bonds. The first-order valence-corrected chi connectivity index (χ1v) is 6.86. The molecule has 0 atom stereocenters. The van der Waals surface area contributed by atoms with E-state index < -0.39 is 0 Å². The summed E-state index contributed by atoms with van der Waals surface area (Å²) in [6.07, 6.45) is 0. The minimum absolute atomic E-state index is 0.140. The average Bonchev–Trinajstić information content (AvgIpc) is 2.33. The van der Waals surface area contributed by atoms with Gasteiger partial charge in [-0.05, 0) is 22.1 Å². The first kappa shape index (κ1) is 14.0. The van der Waals surface area contributed by atoms with Crippen LogP contribution in [0.3, 0.4) is 0 Å². The van der Waals surface area contributed by atoms with E-state index in [1.165, 1.54) is 22.1 Å². The molecule has 0 saturated carbocycles. The minimum atomic E-state index is 0.140. The van der Waals surface area contributed by atoms with E-state index in [1.54, 1.807) is 0 Å². The third-order valence-electron chi connectivity index (χ3n) is 3.73. The van der Waals surface area contributed by atoms with E-state index in [4.69, 9.17) is 4.98 Å². The molecule has 0 radical (unpaired) electrons. The van der Waals surface area contributed by atoms with E-state index in [-0.39, 0.29) is 5.41 Å². The maximum Gasteiger partial charge on any atom is 0.164 e. The molecule has 0 fully saturated rings. The molecule has 0 spiro atoms. The number of benzene rings is 1. The summed E-state index contributed by atoms with van der Waals surface area (Å²) in [4.78, 5) is 4.87. The standard InChI is InChI=1S/C15H20B3N/c1-15(2,3)10-11(16)12(17)13(19-14(10)18)9-7-5-4-6-8-9/h4-8H,16-18H2,1-3H3. The van der Waals surface area contributed by atoms with Crippen molar-refractivity contribution in [2.45, 2.75) is 26.2 Å². The molecule has 4 heteroatoms. The number of pyridine rings is 1. The molecule has 0 aliphatic rings. The molecule has 1 aromatic heterocycles. The van der Waals surface area contributed by atoms with Crippen LogP contribution in [-0.4, -0.2) is 28.5 Å². The van der Waals surface area contributed by atoms with Crippen LogP contribution < -0.4 is 16.5 Å². The summed E-state index contributed by atoms with van der Waals surface area (Å²) < 4.78 is 0. The van der Waals surface area contributed by atoms with Crippen LogP contribution in [0, 0.1) is 0 Å². The quantitative estimate of drug-likeness (QED) is 0.578. The van der Waals surface area contributed by atoms with Crippen molar-refractivity contribution < 1.29 is 0 Å². The molecular formula is C15H20B3N. The van der Waals surface area contributed by atoms with Gasteiger partial charge >= 0.3 is 0 Å². The monoisotopic (exact) mass is 247 g/mol. The fourth-order valence-corrected chi connectivity index (χ4v) is 2.93. The van der Waals surface area contributed by atoms with Crippen LogP contribution in [-0.2, 0) is 5.41 Å². The van der Waals surface area contributed by atoms with E-state index in [9.17, 15) is 0 Å². The van der Waals surface area contributed by atoms with Crippen LogP contribution in [0.1, 0.15) is 26.3 Å². The smallest absolute Gasteiger partial charge is 0.164 e. The molecule has 19 heavy (non-hydrogen) atoms. The summed E-state index contributed by atoms with van der Waals surface area (Å²) in [6, 6.07) is 10.4. The Kier molecular flexibility index (Phi) is 3.62. The number of nitrogens with zero attached hydrogens (tertiary/aromatic N) is 1. The highest BCUT2D eigenvalue weighted by Gasteiger charge is 2.21. The van der Waals surface area contributed by atoms with Crippen LogP contribution in [0.5, 0.6) is 0 Å². The SMILES string of the molecule is Bc1nc(-c2ccccc2)c(B)c(B)c1C(C)(C)C. The molecule has 1 heterocycles. The largest absolute Gasteiger partial charge is 0.264 e. The van der Waals surface area contributed by atoms with Gasteiger partial charge < -0.3 is 0 Å². The van der Waals surface area contributed by atoms with E-state index in [1.807, 2.05) is 6.07 Å². The fourth-order valence-electron chi connectivity index (χ4n) is 2.93. The van der Waals surface area contributed by atoms with Gasteiger partial charge in [0.1, 0.15) is 15.7 Å². The number of aromatic nitrogens is 1. The normalized spacial score (nSPS) is 11.5. The lowest BCUT2D eigenvalue weighted by Gasteiger charge is -2.27. The van der Waals surface area contributed by atoms with Gasteiger partial charge in [-0.3, -0.25) is 4.98 Å². The molecule has 2 rings (SSSR count). The predicted molar refractivity (Wildman–Crippen MR) is 92.9 cm³/mol. The van der Waals surface area contributed by atoms with Gasteiger partial charge in [-0.15, -0.1) is 0 Å². The zero-order valence-electron chi connectivity index (χ0n) is 12.8. The van der Waals surface area contributed by atoms with Gasteiger partial charge in [0.2, 0.25) is 0 Å². The van der Waals surface area contributed by atoms with Gasteiger partial charge in [-0.25, -0.2) is 0 Å². The molecular weight excluding hydrogens is 227 g/mol. The van der Waals surface area contributed by atoms with Crippen LogP contribution in [0.15, 0.2) is 30.3 Å². The topological polar surface area (TPSA) is 12.9 Å². The first-order valence-electron chi connectivity index (χ1n) is 6.86. The minimum Gasteiger partial charge on any atom is -0.264 e. The van der Waals surface area contributed by atoms with E-state index in [0.29, 0.717) is 0 Å². The number of hydrogen-bond donors (Lipinski definition) is 0. The van der Waals surface area contributed by atoms with Crippen molar-refractivity contribution in [1.29, 1.82) is 0 Å². The van der Waals surface area contributed by atoms with Crippen molar-refractivity contribution in [2.24, 2.45) is 0 Å². The Balaban J connectivity index is 2.69. The fraction of sp³-hybridized carbons (Fsp3) is 0.267. The second kappa shape index (κ2) is 4.92. The molecule has 2 aromatic rings. The van der Waals surface area contributed by atoms with Crippen molar-refractivity contribution in [3.63, 3.8) is 0 Å². The average molecular weight is 247 g/mol. The highest BCUT2D eigenvalue weighted by atomic mass is 14.7. The Morgan fingerprint density at radius 1 is 0.895 bits per heavy atom. The Labute approximate surface area is 119 Å². The summed E-state index contributed by atoms with van der Waals surface area (Å²) in [5.41, 5.74) is 7.65. The molecule has 0 N–H and O–H groups in total. The summed E-state index contributed by atoms with van der Waals surface area (Å²) in [6.45, 7) is 6.77.